The fraction of sp³-hybridized carbons (Fsp3) is 0.619. The van der Waals surface area contributed by atoms with Crippen LogP contribution in [0.1, 0.15) is 19.3 Å². The number of aliphatic imine (C=N–C) groups is 1. The quantitative estimate of drug-likeness (QED) is 0.349. The van der Waals surface area contributed by atoms with Gasteiger partial charge in [-0.05, 0) is 31.4 Å². The van der Waals surface area contributed by atoms with E-state index in [0.29, 0.717) is 12.5 Å². The lowest BCUT2D eigenvalue weighted by Crippen LogP contribution is -2.42. The minimum Gasteiger partial charge on any atom is -0.482 e. The maximum atomic E-state index is 12.2. The number of benzene rings is 1. The summed E-state index contributed by atoms with van der Waals surface area (Å²) in [6.07, 6.45) is 2.84. The number of rotatable bonds is 10. The second kappa shape index (κ2) is 11.6. The van der Waals surface area contributed by atoms with Gasteiger partial charge in [-0.2, -0.15) is 0 Å². The van der Waals surface area contributed by atoms with Crippen LogP contribution in [-0.4, -0.2) is 71.6 Å². The Morgan fingerprint density at radius 3 is 2.90 bits per heavy atom. The lowest BCUT2D eigenvalue weighted by molar-refractivity contribution is -0.121. The molecule has 2 aliphatic heterocycles. The van der Waals surface area contributed by atoms with Gasteiger partial charge in [0.05, 0.1) is 18.9 Å². The van der Waals surface area contributed by atoms with Crippen LogP contribution in [0, 0.1) is 5.92 Å². The Labute approximate surface area is 172 Å². The van der Waals surface area contributed by atoms with E-state index in [2.05, 4.69) is 15.6 Å². The third-order valence-corrected chi connectivity index (χ3v) is 5.02. The summed E-state index contributed by atoms with van der Waals surface area (Å²) in [5.41, 5.74) is 0.843. The van der Waals surface area contributed by atoms with Gasteiger partial charge >= 0.3 is 0 Å². The lowest BCUT2D eigenvalue weighted by atomic mass is 10.1. The van der Waals surface area contributed by atoms with Crippen molar-refractivity contribution in [1.82, 2.24) is 10.6 Å². The number of anilines is 1. The minimum atomic E-state index is -0.00428. The molecule has 0 bridgehead atoms. The van der Waals surface area contributed by atoms with E-state index < -0.39 is 0 Å². The SMILES string of the molecule is CN=C(NCCCOCC1CCOC1)NCCCN1C(=O)COc2ccccc21. The zero-order valence-corrected chi connectivity index (χ0v) is 17.2. The van der Waals surface area contributed by atoms with Crippen molar-refractivity contribution in [3.8, 4) is 5.75 Å². The Kier molecular flexibility index (Phi) is 8.58. The summed E-state index contributed by atoms with van der Waals surface area (Å²) in [4.78, 5) is 18.2. The number of nitrogens with zero attached hydrogens (tertiary/aromatic N) is 2. The molecule has 1 aromatic carbocycles. The number of amides is 1. The molecule has 1 saturated heterocycles. The van der Waals surface area contributed by atoms with Crippen molar-refractivity contribution >= 4 is 17.6 Å². The van der Waals surface area contributed by atoms with E-state index in [1.54, 1.807) is 11.9 Å². The third-order valence-electron chi connectivity index (χ3n) is 5.02. The van der Waals surface area contributed by atoms with Gasteiger partial charge in [0.2, 0.25) is 0 Å². The van der Waals surface area contributed by atoms with Gasteiger partial charge in [0.1, 0.15) is 5.75 Å². The van der Waals surface area contributed by atoms with E-state index in [1.165, 1.54) is 0 Å². The summed E-state index contributed by atoms with van der Waals surface area (Å²) in [6, 6.07) is 7.65. The highest BCUT2D eigenvalue weighted by molar-refractivity contribution is 5.97. The molecular weight excluding hydrogens is 372 g/mol. The first-order chi connectivity index (χ1) is 14.3. The third kappa shape index (κ3) is 6.61. The van der Waals surface area contributed by atoms with Crippen LogP contribution in [0.2, 0.25) is 0 Å². The number of guanidine groups is 1. The zero-order valence-electron chi connectivity index (χ0n) is 17.2. The molecule has 0 radical (unpaired) electrons. The van der Waals surface area contributed by atoms with Gasteiger partial charge in [-0.15, -0.1) is 0 Å². The lowest BCUT2D eigenvalue weighted by Gasteiger charge is -2.29. The molecule has 160 valence electrons. The van der Waals surface area contributed by atoms with Crippen molar-refractivity contribution in [2.24, 2.45) is 10.9 Å². The molecule has 3 rings (SSSR count). The molecule has 2 N–H and O–H groups in total. The molecule has 1 aromatic rings. The fourth-order valence-electron chi connectivity index (χ4n) is 3.41. The summed E-state index contributed by atoms with van der Waals surface area (Å²) < 4.78 is 16.5. The van der Waals surface area contributed by atoms with Crippen LogP contribution in [0.5, 0.6) is 5.75 Å². The predicted molar refractivity (Wildman–Crippen MR) is 113 cm³/mol. The number of carbonyl (C=O) groups is 1. The average Bonchev–Trinajstić information content (AvgIpc) is 3.26. The largest absolute Gasteiger partial charge is 0.482 e. The number of hydrogen-bond acceptors (Lipinski definition) is 5. The Hall–Kier alpha value is -2.32. The number of para-hydroxylation sites is 2. The molecule has 8 nitrogen and oxygen atoms in total. The number of fused-ring (bicyclic) bond motifs is 1. The van der Waals surface area contributed by atoms with Crippen molar-refractivity contribution in [2.75, 3.05) is 64.6 Å². The van der Waals surface area contributed by atoms with Gasteiger partial charge in [-0.1, -0.05) is 12.1 Å². The normalized spacial score (nSPS) is 19.1. The van der Waals surface area contributed by atoms with Gasteiger partial charge in [0.25, 0.3) is 5.91 Å². The van der Waals surface area contributed by atoms with Crippen LogP contribution in [0.25, 0.3) is 0 Å². The molecule has 0 saturated carbocycles. The summed E-state index contributed by atoms with van der Waals surface area (Å²) in [6.45, 7) is 5.49. The van der Waals surface area contributed by atoms with E-state index >= 15 is 0 Å². The number of ether oxygens (including phenoxy) is 3. The van der Waals surface area contributed by atoms with Crippen LogP contribution in [0.15, 0.2) is 29.3 Å². The summed E-state index contributed by atoms with van der Waals surface area (Å²) in [7, 11) is 1.76. The standard InChI is InChI=1S/C21H32N4O4/c1-22-21(24-10-5-12-27-14-17-8-13-28-15-17)23-9-4-11-25-18-6-2-3-7-19(18)29-16-20(25)26/h2-3,6-7,17H,4-5,8-16H2,1H3,(H2,22,23,24). The molecule has 0 aliphatic carbocycles. The molecule has 29 heavy (non-hydrogen) atoms. The molecule has 1 atom stereocenters. The molecule has 0 spiro atoms. The van der Waals surface area contributed by atoms with E-state index in [-0.39, 0.29) is 12.5 Å². The molecule has 1 fully saturated rings. The second-order valence-electron chi connectivity index (χ2n) is 7.24. The van der Waals surface area contributed by atoms with Crippen molar-refractivity contribution in [3.63, 3.8) is 0 Å². The Morgan fingerprint density at radius 2 is 2.10 bits per heavy atom. The van der Waals surface area contributed by atoms with Crippen molar-refractivity contribution in [3.05, 3.63) is 24.3 Å². The monoisotopic (exact) mass is 404 g/mol. The van der Waals surface area contributed by atoms with Crippen molar-refractivity contribution in [1.29, 1.82) is 0 Å². The van der Waals surface area contributed by atoms with Crippen molar-refractivity contribution in [2.45, 2.75) is 19.3 Å². The molecule has 0 aromatic heterocycles. The number of carbonyl (C=O) groups excluding carboxylic acids is 1. The van der Waals surface area contributed by atoms with E-state index in [4.69, 9.17) is 14.2 Å². The van der Waals surface area contributed by atoms with Crippen LogP contribution < -0.4 is 20.3 Å². The van der Waals surface area contributed by atoms with Crippen LogP contribution in [0.4, 0.5) is 5.69 Å². The molecule has 1 amide bonds. The highest BCUT2D eigenvalue weighted by atomic mass is 16.5. The van der Waals surface area contributed by atoms with Crippen LogP contribution in [0.3, 0.4) is 0 Å². The van der Waals surface area contributed by atoms with Gasteiger partial charge < -0.3 is 29.7 Å². The van der Waals surface area contributed by atoms with Crippen LogP contribution in [-0.2, 0) is 14.3 Å². The molecule has 2 aliphatic rings. The second-order valence-corrected chi connectivity index (χ2v) is 7.24. The van der Waals surface area contributed by atoms with E-state index in [0.717, 1.165) is 76.2 Å². The van der Waals surface area contributed by atoms with Gasteiger partial charge in [-0.25, -0.2) is 0 Å². The van der Waals surface area contributed by atoms with Gasteiger partial charge in [0, 0.05) is 45.8 Å². The predicted octanol–water partition coefficient (Wildman–Crippen LogP) is 1.41. The smallest absolute Gasteiger partial charge is 0.265 e. The molecule has 1 unspecified atom stereocenters. The Balaban J connectivity index is 1.27. The topological polar surface area (TPSA) is 84.4 Å². The highest BCUT2D eigenvalue weighted by Gasteiger charge is 2.24. The fourth-order valence-corrected chi connectivity index (χ4v) is 3.41. The maximum absolute atomic E-state index is 12.2. The molecule has 8 heteroatoms. The first kappa shape index (κ1) is 21.4. The maximum Gasteiger partial charge on any atom is 0.265 e. The summed E-state index contributed by atoms with van der Waals surface area (Å²) >= 11 is 0. The van der Waals surface area contributed by atoms with Gasteiger partial charge in [0.15, 0.2) is 12.6 Å². The minimum absolute atomic E-state index is 0.00428. The van der Waals surface area contributed by atoms with Gasteiger partial charge in [-0.3, -0.25) is 9.79 Å². The summed E-state index contributed by atoms with van der Waals surface area (Å²) in [5, 5.41) is 6.59. The van der Waals surface area contributed by atoms with Crippen molar-refractivity contribution < 1.29 is 19.0 Å². The first-order valence-corrected chi connectivity index (χ1v) is 10.4. The van der Waals surface area contributed by atoms with Crippen LogP contribution >= 0.6 is 0 Å². The Morgan fingerprint density at radius 1 is 1.28 bits per heavy atom. The summed E-state index contributed by atoms with van der Waals surface area (Å²) in [5.74, 6) is 2.08. The Bertz CT molecular complexity index is 676. The van der Waals surface area contributed by atoms with E-state index in [9.17, 15) is 4.79 Å². The first-order valence-electron chi connectivity index (χ1n) is 10.4. The number of hydrogen-bond donors (Lipinski definition) is 2. The number of nitrogens with one attached hydrogen (secondary N) is 2. The molecular formula is C21H32N4O4. The average molecular weight is 405 g/mol. The molecule has 2 heterocycles. The van der Waals surface area contributed by atoms with E-state index in [1.807, 2.05) is 24.3 Å². The zero-order chi connectivity index (χ0) is 20.3. The highest BCUT2D eigenvalue weighted by Crippen LogP contribution is 2.31.